The molecule has 1 amide bonds. The van der Waals surface area contributed by atoms with Gasteiger partial charge in [-0.3, -0.25) is 5.10 Å². The number of carbonyl (C=O) groups excluding carboxylic acids is 1. The molecule has 0 aromatic carbocycles. The number of alkyl carbamates (subject to hydrolysis) is 1. The number of ether oxygens (including phenoxy) is 1. The Kier molecular flexibility index (Phi) is 5.15. The first kappa shape index (κ1) is 14.5. The zero-order valence-corrected chi connectivity index (χ0v) is 11.4. The number of rotatable bonds is 5. The number of nitrogens with one attached hydrogen (secondary N) is 3. The molecule has 0 aliphatic heterocycles. The van der Waals surface area contributed by atoms with E-state index in [-0.39, 0.29) is 12.1 Å². The Morgan fingerprint density at radius 3 is 2.83 bits per heavy atom. The maximum atomic E-state index is 11.4. The molecule has 0 saturated carbocycles. The van der Waals surface area contributed by atoms with Crippen LogP contribution < -0.4 is 10.6 Å². The molecule has 1 aromatic heterocycles. The third-order valence-corrected chi connectivity index (χ3v) is 2.16. The number of hydrogen-bond acceptors (Lipinski definition) is 4. The van der Waals surface area contributed by atoms with Gasteiger partial charge in [0.15, 0.2) is 0 Å². The average Bonchev–Trinajstić information content (AvgIpc) is 2.74. The van der Waals surface area contributed by atoms with Crippen molar-refractivity contribution in [2.45, 2.75) is 45.9 Å². The quantitative estimate of drug-likeness (QED) is 0.742. The molecule has 0 spiro atoms. The summed E-state index contributed by atoms with van der Waals surface area (Å²) >= 11 is 0. The van der Waals surface area contributed by atoms with E-state index in [1.807, 2.05) is 33.9 Å². The highest BCUT2D eigenvalue weighted by Gasteiger charge is 2.16. The van der Waals surface area contributed by atoms with Gasteiger partial charge in [-0.15, -0.1) is 0 Å². The lowest BCUT2D eigenvalue weighted by Gasteiger charge is -2.21. The molecule has 1 heterocycles. The van der Waals surface area contributed by atoms with E-state index in [9.17, 15) is 4.79 Å². The van der Waals surface area contributed by atoms with Gasteiger partial charge in [0.2, 0.25) is 0 Å². The minimum atomic E-state index is -0.461. The van der Waals surface area contributed by atoms with E-state index in [4.69, 9.17) is 4.74 Å². The first-order chi connectivity index (χ1) is 8.37. The van der Waals surface area contributed by atoms with Crippen molar-refractivity contribution in [3.8, 4) is 0 Å². The fourth-order valence-corrected chi connectivity index (χ4v) is 1.29. The number of amides is 1. The van der Waals surface area contributed by atoms with Crippen LogP contribution in [-0.4, -0.2) is 34.5 Å². The van der Waals surface area contributed by atoms with Crippen molar-refractivity contribution in [1.29, 1.82) is 0 Å². The summed E-state index contributed by atoms with van der Waals surface area (Å²) in [6.07, 6.45) is 3.21. The predicted molar refractivity (Wildman–Crippen MR) is 69.1 cm³/mol. The van der Waals surface area contributed by atoms with Crippen LogP contribution in [0.2, 0.25) is 0 Å². The van der Waals surface area contributed by atoms with E-state index >= 15 is 0 Å². The van der Waals surface area contributed by atoms with E-state index in [1.165, 1.54) is 0 Å². The monoisotopic (exact) mass is 254 g/mol. The third-order valence-electron chi connectivity index (χ3n) is 2.16. The Bertz CT molecular complexity index is 357. The van der Waals surface area contributed by atoms with E-state index in [2.05, 4.69) is 20.8 Å². The lowest BCUT2D eigenvalue weighted by molar-refractivity contribution is 0.0523. The molecule has 3 N–H and O–H groups in total. The Labute approximate surface area is 107 Å². The van der Waals surface area contributed by atoms with Crippen LogP contribution in [0, 0.1) is 0 Å². The highest BCUT2D eigenvalue weighted by Crippen LogP contribution is 2.06. The van der Waals surface area contributed by atoms with Gasteiger partial charge in [0, 0.05) is 30.9 Å². The van der Waals surface area contributed by atoms with Crippen molar-refractivity contribution in [3.63, 3.8) is 0 Å². The van der Waals surface area contributed by atoms with E-state index in [1.54, 1.807) is 6.20 Å². The van der Waals surface area contributed by atoms with Gasteiger partial charge in [0.25, 0.3) is 0 Å². The molecule has 0 radical (unpaired) electrons. The van der Waals surface area contributed by atoms with E-state index in [0.29, 0.717) is 13.1 Å². The number of aromatic nitrogens is 2. The van der Waals surface area contributed by atoms with Crippen molar-refractivity contribution < 1.29 is 9.53 Å². The average molecular weight is 254 g/mol. The molecule has 1 unspecified atom stereocenters. The summed E-state index contributed by atoms with van der Waals surface area (Å²) in [5, 5.41) is 12.6. The SMILES string of the molecule is CC(CNC(=O)OC(C)(C)C)NCc1cn[nH]c1. The third kappa shape index (κ3) is 6.24. The van der Waals surface area contributed by atoms with Crippen LogP contribution in [0.1, 0.15) is 33.3 Å². The minimum Gasteiger partial charge on any atom is -0.444 e. The number of carbonyl (C=O) groups is 1. The Balaban J connectivity index is 2.17. The molecular formula is C12H22N4O2. The van der Waals surface area contributed by atoms with Crippen molar-refractivity contribution in [3.05, 3.63) is 18.0 Å². The molecule has 1 atom stereocenters. The minimum absolute atomic E-state index is 0.160. The molecule has 0 saturated heterocycles. The smallest absolute Gasteiger partial charge is 0.407 e. The zero-order valence-electron chi connectivity index (χ0n) is 11.4. The lowest BCUT2D eigenvalue weighted by atomic mass is 10.2. The molecule has 6 heteroatoms. The number of nitrogens with zero attached hydrogens (tertiary/aromatic N) is 1. The van der Waals surface area contributed by atoms with Crippen LogP contribution in [0.25, 0.3) is 0 Å². The first-order valence-electron chi connectivity index (χ1n) is 6.05. The molecule has 0 bridgehead atoms. The molecular weight excluding hydrogens is 232 g/mol. The van der Waals surface area contributed by atoms with Gasteiger partial charge < -0.3 is 15.4 Å². The summed E-state index contributed by atoms with van der Waals surface area (Å²) in [6, 6.07) is 0.160. The first-order valence-corrected chi connectivity index (χ1v) is 6.05. The Morgan fingerprint density at radius 2 is 2.28 bits per heavy atom. The second-order valence-electron chi connectivity index (χ2n) is 5.27. The van der Waals surface area contributed by atoms with Crippen LogP contribution in [0.4, 0.5) is 4.79 Å². The highest BCUT2D eigenvalue weighted by atomic mass is 16.6. The van der Waals surface area contributed by atoms with Crippen LogP contribution in [0.3, 0.4) is 0 Å². The van der Waals surface area contributed by atoms with Gasteiger partial charge in [-0.05, 0) is 27.7 Å². The second-order valence-corrected chi connectivity index (χ2v) is 5.27. The van der Waals surface area contributed by atoms with Gasteiger partial charge >= 0.3 is 6.09 Å². The van der Waals surface area contributed by atoms with Gasteiger partial charge in [-0.2, -0.15) is 5.10 Å². The van der Waals surface area contributed by atoms with Crippen molar-refractivity contribution in [2.24, 2.45) is 0 Å². The maximum absolute atomic E-state index is 11.4. The number of H-pyrrole nitrogens is 1. The largest absolute Gasteiger partial charge is 0.444 e. The molecule has 1 rings (SSSR count). The maximum Gasteiger partial charge on any atom is 0.407 e. The number of aromatic amines is 1. The molecule has 1 aromatic rings. The molecule has 0 aliphatic carbocycles. The van der Waals surface area contributed by atoms with Gasteiger partial charge in [0.05, 0.1) is 6.20 Å². The predicted octanol–water partition coefficient (Wildman–Crippen LogP) is 1.41. The normalized spacial score (nSPS) is 13.1. The van der Waals surface area contributed by atoms with Gasteiger partial charge in [0.1, 0.15) is 5.60 Å². The van der Waals surface area contributed by atoms with E-state index < -0.39 is 5.60 Å². The standard InChI is InChI=1S/C12H22N4O2/c1-9(13-6-10-7-15-16-8-10)5-14-11(17)18-12(2,3)4/h7-9,13H,5-6H2,1-4H3,(H,14,17)(H,15,16). The fraction of sp³-hybridized carbons (Fsp3) is 0.667. The Morgan fingerprint density at radius 1 is 1.56 bits per heavy atom. The summed E-state index contributed by atoms with van der Waals surface area (Å²) in [7, 11) is 0. The van der Waals surface area contributed by atoms with Crippen LogP contribution in [-0.2, 0) is 11.3 Å². The van der Waals surface area contributed by atoms with Crippen molar-refractivity contribution in [1.82, 2.24) is 20.8 Å². The summed E-state index contributed by atoms with van der Waals surface area (Å²) < 4.78 is 5.15. The zero-order chi connectivity index (χ0) is 13.6. The van der Waals surface area contributed by atoms with Crippen LogP contribution >= 0.6 is 0 Å². The van der Waals surface area contributed by atoms with Crippen LogP contribution in [0.15, 0.2) is 12.4 Å². The summed E-state index contributed by atoms with van der Waals surface area (Å²) in [5.41, 5.74) is 0.622. The van der Waals surface area contributed by atoms with Gasteiger partial charge in [-0.1, -0.05) is 0 Å². The topological polar surface area (TPSA) is 79.0 Å². The van der Waals surface area contributed by atoms with E-state index in [0.717, 1.165) is 5.56 Å². The van der Waals surface area contributed by atoms with Crippen molar-refractivity contribution in [2.75, 3.05) is 6.54 Å². The second kappa shape index (κ2) is 6.39. The molecule has 0 fully saturated rings. The van der Waals surface area contributed by atoms with Crippen molar-refractivity contribution >= 4 is 6.09 Å². The molecule has 18 heavy (non-hydrogen) atoms. The summed E-state index contributed by atoms with van der Waals surface area (Å²) in [6.45, 7) is 8.76. The molecule has 0 aliphatic rings. The van der Waals surface area contributed by atoms with Gasteiger partial charge in [-0.25, -0.2) is 4.79 Å². The summed E-state index contributed by atoms with van der Waals surface area (Å²) in [5.74, 6) is 0. The van der Waals surface area contributed by atoms with Crippen LogP contribution in [0.5, 0.6) is 0 Å². The highest BCUT2D eigenvalue weighted by molar-refractivity contribution is 5.67. The molecule has 102 valence electrons. The summed E-state index contributed by atoms with van der Waals surface area (Å²) in [4.78, 5) is 11.4. The lowest BCUT2D eigenvalue weighted by Crippen LogP contribution is -2.40. The fourth-order valence-electron chi connectivity index (χ4n) is 1.29. The molecule has 6 nitrogen and oxygen atoms in total. The Hall–Kier alpha value is -1.56. The number of hydrogen-bond donors (Lipinski definition) is 3.